The van der Waals surface area contributed by atoms with Gasteiger partial charge in [0.1, 0.15) is 5.75 Å². The summed E-state index contributed by atoms with van der Waals surface area (Å²) < 4.78 is 31.6. The molecule has 27 heavy (non-hydrogen) atoms. The number of ether oxygens (including phenoxy) is 1. The molecule has 0 aliphatic carbocycles. The van der Waals surface area contributed by atoms with E-state index in [1.54, 1.807) is 18.5 Å². The molecule has 1 N–H and O–H groups in total. The van der Waals surface area contributed by atoms with Gasteiger partial charge in [-0.2, -0.15) is 0 Å². The number of rotatable bonds is 7. The number of anilines is 1. The van der Waals surface area contributed by atoms with Crippen molar-refractivity contribution < 1.29 is 17.9 Å². The molecule has 1 aromatic carbocycles. The summed E-state index contributed by atoms with van der Waals surface area (Å²) in [7, 11) is -0.718. The average Bonchev–Trinajstić information content (AvgIpc) is 2.57. The monoisotopic (exact) mass is 391 g/mol. The molecular weight excluding hydrogens is 366 g/mol. The first-order chi connectivity index (χ1) is 12.6. The molecule has 146 valence electrons. The minimum Gasteiger partial charge on any atom is -0.489 e. The van der Waals surface area contributed by atoms with Crippen LogP contribution in [0.4, 0.5) is 5.69 Å². The summed E-state index contributed by atoms with van der Waals surface area (Å²) in [4.78, 5) is 16.6. The highest BCUT2D eigenvalue weighted by molar-refractivity contribution is 7.89. The second-order valence-corrected chi connectivity index (χ2v) is 8.79. The molecule has 0 spiro atoms. The van der Waals surface area contributed by atoms with E-state index in [0.717, 1.165) is 15.4 Å². The van der Waals surface area contributed by atoms with Crippen LogP contribution in [-0.2, 0) is 21.2 Å². The van der Waals surface area contributed by atoms with E-state index in [9.17, 15) is 13.2 Å². The van der Waals surface area contributed by atoms with Crippen molar-refractivity contribution >= 4 is 21.6 Å². The summed E-state index contributed by atoms with van der Waals surface area (Å²) in [6.45, 7) is 5.62. The Labute approximate surface area is 160 Å². The van der Waals surface area contributed by atoms with Gasteiger partial charge in [-0.25, -0.2) is 12.7 Å². The van der Waals surface area contributed by atoms with Crippen LogP contribution in [0.3, 0.4) is 0 Å². The summed E-state index contributed by atoms with van der Waals surface area (Å²) in [6.07, 6.45) is 3.32. The molecule has 0 saturated carbocycles. The normalized spacial score (nSPS) is 11.7. The molecule has 1 aromatic heterocycles. The Hall–Kier alpha value is -2.45. The van der Waals surface area contributed by atoms with Crippen molar-refractivity contribution in [2.45, 2.75) is 38.2 Å². The van der Waals surface area contributed by atoms with Gasteiger partial charge >= 0.3 is 0 Å². The maximum absolute atomic E-state index is 12.5. The number of carbonyl (C=O) groups excluding carboxylic acids is 1. The van der Waals surface area contributed by atoms with E-state index < -0.39 is 10.0 Å². The molecule has 2 aromatic rings. The van der Waals surface area contributed by atoms with Gasteiger partial charge in [0.05, 0.1) is 23.1 Å². The summed E-state index contributed by atoms with van der Waals surface area (Å²) >= 11 is 0. The molecule has 0 fully saturated rings. The summed E-state index contributed by atoms with van der Waals surface area (Å²) in [5, 5.41) is 2.77. The number of aromatic nitrogens is 1. The lowest BCUT2D eigenvalue weighted by molar-refractivity contribution is -0.115. The first-order valence-electron chi connectivity index (χ1n) is 8.54. The molecule has 0 saturated heterocycles. The van der Waals surface area contributed by atoms with Crippen LogP contribution in [0.15, 0.2) is 41.6 Å². The maximum Gasteiger partial charge on any atom is 0.242 e. The lowest BCUT2D eigenvalue weighted by Crippen LogP contribution is -2.23. The molecule has 0 aliphatic heterocycles. The van der Waals surface area contributed by atoms with E-state index >= 15 is 0 Å². The Morgan fingerprint density at radius 3 is 2.56 bits per heavy atom. The first-order valence-corrected chi connectivity index (χ1v) is 9.98. The molecule has 2 rings (SSSR count). The molecule has 7 nitrogen and oxygen atoms in total. The largest absolute Gasteiger partial charge is 0.489 e. The van der Waals surface area contributed by atoms with E-state index in [-0.39, 0.29) is 23.3 Å². The molecule has 0 atom stereocenters. The number of benzene rings is 1. The number of carbonyl (C=O) groups is 1. The zero-order valence-electron chi connectivity index (χ0n) is 16.2. The van der Waals surface area contributed by atoms with E-state index in [1.807, 2.05) is 26.8 Å². The van der Waals surface area contributed by atoms with Crippen molar-refractivity contribution in [3.8, 4) is 5.75 Å². The van der Waals surface area contributed by atoms with Crippen molar-refractivity contribution in [3.63, 3.8) is 0 Å². The fourth-order valence-corrected chi connectivity index (χ4v) is 3.31. The zero-order valence-corrected chi connectivity index (χ0v) is 17.0. The SMILES string of the molecule is Cc1ccncc1CC(=O)Nc1cc(S(=O)(=O)N(C)C)ccc1OC(C)C. The lowest BCUT2D eigenvalue weighted by atomic mass is 10.1. The highest BCUT2D eigenvalue weighted by atomic mass is 32.2. The molecule has 1 amide bonds. The van der Waals surface area contributed by atoms with E-state index in [2.05, 4.69) is 10.3 Å². The third kappa shape index (κ3) is 5.27. The molecule has 0 radical (unpaired) electrons. The third-order valence-electron chi connectivity index (χ3n) is 3.86. The summed E-state index contributed by atoms with van der Waals surface area (Å²) in [6, 6.07) is 6.27. The van der Waals surface area contributed by atoms with Crippen molar-refractivity contribution in [2.75, 3.05) is 19.4 Å². The van der Waals surface area contributed by atoms with Gasteiger partial charge in [0, 0.05) is 26.5 Å². The number of hydrogen-bond donors (Lipinski definition) is 1. The smallest absolute Gasteiger partial charge is 0.242 e. The number of amides is 1. The van der Waals surface area contributed by atoms with E-state index in [0.29, 0.717) is 11.4 Å². The summed E-state index contributed by atoms with van der Waals surface area (Å²) in [5.74, 6) is 0.137. The van der Waals surface area contributed by atoms with Gasteiger partial charge < -0.3 is 10.1 Å². The highest BCUT2D eigenvalue weighted by Gasteiger charge is 2.20. The van der Waals surface area contributed by atoms with Crippen LogP contribution >= 0.6 is 0 Å². The molecule has 1 heterocycles. The Kier molecular flexibility index (Phi) is 6.56. The number of hydrogen-bond acceptors (Lipinski definition) is 5. The average molecular weight is 391 g/mol. The molecular formula is C19H25N3O4S. The van der Waals surface area contributed by atoms with Gasteiger partial charge in [-0.1, -0.05) is 0 Å². The van der Waals surface area contributed by atoms with Crippen molar-refractivity contribution in [1.82, 2.24) is 9.29 Å². The molecule has 8 heteroatoms. The van der Waals surface area contributed by atoms with Crippen LogP contribution in [0.25, 0.3) is 0 Å². The zero-order chi connectivity index (χ0) is 20.2. The maximum atomic E-state index is 12.5. The topological polar surface area (TPSA) is 88.6 Å². The fraction of sp³-hybridized carbons (Fsp3) is 0.368. The summed E-state index contributed by atoms with van der Waals surface area (Å²) in [5.41, 5.74) is 2.08. The Morgan fingerprint density at radius 1 is 1.26 bits per heavy atom. The number of pyridine rings is 1. The Balaban J connectivity index is 2.34. The van der Waals surface area contributed by atoms with Crippen LogP contribution in [-0.4, -0.2) is 43.8 Å². The van der Waals surface area contributed by atoms with E-state index in [1.165, 1.54) is 26.2 Å². The molecule has 0 aliphatic rings. The van der Waals surface area contributed by atoms with Crippen molar-refractivity contribution in [2.24, 2.45) is 0 Å². The highest BCUT2D eigenvalue weighted by Crippen LogP contribution is 2.30. The van der Waals surface area contributed by atoms with Crippen molar-refractivity contribution in [1.29, 1.82) is 0 Å². The van der Waals surface area contributed by atoms with Crippen LogP contribution in [0.2, 0.25) is 0 Å². The van der Waals surface area contributed by atoms with Crippen LogP contribution < -0.4 is 10.1 Å². The van der Waals surface area contributed by atoms with Crippen LogP contribution in [0, 0.1) is 6.92 Å². The number of nitrogens with zero attached hydrogens (tertiary/aromatic N) is 2. The second-order valence-electron chi connectivity index (χ2n) is 6.64. The van der Waals surface area contributed by atoms with Gasteiger partial charge in [0.15, 0.2) is 0 Å². The van der Waals surface area contributed by atoms with Crippen LogP contribution in [0.5, 0.6) is 5.75 Å². The number of sulfonamides is 1. The standard InChI is InChI=1S/C19H25N3O4S/c1-13(2)26-18-7-6-16(27(24,25)22(4)5)11-17(18)21-19(23)10-15-12-20-9-8-14(15)3/h6-9,11-13H,10H2,1-5H3,(H,21,23). The third-order valence-corrected chi connectivity index (χ3v) is 5.68. The van der Waals surface area contributed by atoms with E-state index in [4.69, 9.17) is 4.74 Å². The number of aryl methyl sites for hydroxylation is 1. The minimum absolute atomic E-state index is 0.0801. The number of nitrogens with one attached hydrogen (secondary N) is 1. The van der Waals surface area contributed by atoms with Gasteiger partial charge in [-0.05, 0) is 56.2 Å². The first kappa shape index (κ1) is 20.9. The van der Waals surface area contributed by atoms with Gasteiger partial charge in [0.2, 0.25) is 15.9 Å². The van der Waals surface area contributed by atoms with Gasteiger partial charge in [-0.15, -0.1) is 0 Å². The van der Waals surface area contributed by atoms with Gasteiger partial charge in [-0.3, -0.25) is 9.78 Å². The van der Waals surface area contributed by atoms with Crippen molar-refractivity contribution in [3.05, 3.63) is 47.8 Å². The predicted octanol–water partition coefficient (Wildman–Crippen LogP) is 2.61. The van der Waals surface area contributed by atoms with Gasteiger partial charge in [0.25, 0.3) is 0 Å². The molecule has 0 unspecified atom stereocenters. The lowest BCUT2D eigenvalue weighted by Gasteiger charge is -2.18. The van der Waals surface area contributed by atoms with Crippen LogP contribution in [0.1, 0.15) is 25.0 Å². The second kappa shape index (κ2) is 8.49. The minimum atomic E-state index is -3.63. The Bertz CT molecular complexity index is 924. The quantitative estimate of drug-likeness (QED) is 0.784. The Morgan fingerprint density at radius 2 is 1.96 bits per heavy atom. The predicted molar refractivity (Wildman–Crippen MR) is 104 cm³/mol. The fourth-order valence-electron chi connectivity index (χ4n) is 2.38. The molecule has 0 bridgehead atoms.